The van der Waals surface area contributed by atoms with Gasteiger partial charge in [0.2, 0.25) is 5.91 Å². The maximum Gasteiger partial charge on any atom is 0.387 e. The number of benzene rings is 2. The Balaban J connectivity index is 1.83. The Labute approximate surface area is 180 Å². The third-order valence-electron chi connectivity index (χ3n) is 4.21. The summed E-state index contributed by atoms with van der Waals surface area (Å²) < 4.78 is 35.7. The highest BCUT2D eigenvalue weighted by Crippen LogP contribution is 2.32. The molecule has 0 aliphatic carbocycles. The number of hydrogen-bond acceptors (Lipinski definition) is 4. The normalized spacial score (nSPS) is 11.2. The lowest BCUT2D eigenvalue weighted by Crippen LogP contribution is -2.39. The number of carbonyl (C=O) groups is 1. The topological polar surface area (TPSA) is 84.0 Å². The fourth-order valence-electron chi connectivity index (χ4n) is 2.77. The fraction of sp³-hybridized carbons (Fsp3) is 0.364. The molecule has 0 heterocycles. The standard InChI is InChI=1S/C22H28F2N4O3/c1-3-30-18-11-7-10-17(20(18)31-21(23)24)15-28-22(25-2)26-13-12-19(29)27-14-16-8-5-4-6-9-16/h4-11,21H,3,12-15H2,1-2H3,(H,27,29)(H2,25,26,28). The van der Waals surface area contributed by atoms with E-state index >= 15 is 0 Å². The number of halogens is 2. The summed E-state index contributed by atoms with van der Waals surface area (Å²) in [6.45, 7) is 0.135. The molecule has 2 rings (SSSR count). The van der Waals surface area contributed by atoms with Gasteiger partial charge in [-0.1, -0.05) is 42.5 Å². The molecule has 3 N–H and O–H groups in total. The lowest BCUT2D eigenvalue weighted by atomic mass is 10.2. The predicted octanol–water partition coefficient (Wildman–Crippen LogP) is 3.06. The molecule has 0 bridgehead atoms. The number of guanidine groups is 1. The highest BCUT2D eigenvalue weighted by atomic mass is 19.3. The second kappa shape index (κ2) is 13.0. The van der Waals surface area contributed by atoms with Gasteiger partial charge in [0.25, 0.3) is 0 Å². The van der Waals surface area contributed by atoms with Crippen LogP contribution in [0.25, 0.3) is 0 Å². The minimum atomic E-state index is -2.97. The van der Waals surface area contributed by atoms with Crippen LogP contribution in [-0.4, -0.2) is 38.7 Å². The van der Waals surface area contributed by atoms with Gasteiger partial charge in [0, 0.05) is 38.7 Å². The van der Waals surface area contributed by atoms with Gasteiger partial charge in [0.15, 0.2) is 17.5 Å². The zero-order valence-electron chi connectivity index (χ0n) is 17.7. The van der Waals surface area contributed by atoms with E-state index in [1.165, 1.54) is 0 Å². The molecule has 0 fully saturated rings. The molecule has 0 spiro atoms. The van der Waals surface area contributed by atoms with E-state index in [0.717, 1.165) is 5.56 Å². The van der Waals surface area contributed by atoms with Gasteiger partial charge in [0.1, 0.15) is 0 Å². The van der Waals surface area contributed by atoms with Crippen LogP contribution >= 0.6 is 0 Å². The second-order valence-corrected chi connectivity index (χ2v) is 6.42. The number of aliphatic imine (C=N–C) groups is 1. The SMILES string of the molecule is CCOc1cccc(CNC(=NC)NCCC(=O)NCc2ccccc2)c1OC(F)F. The van der Waals surface area contributed by atoms with Crippen LogP contribution in [0, 0.1) is 0 Å². The molecule has 0 aromatic heterocycles. The summed E-state index contributed by atoms with van der Waals surface area (Å²) in [4.78, 5) is 16.1. The number of hydrogen-bond donors (Lipinski definition) is 3. The summed E-state index contributed by atoms with van der Waals surface area (Å²) in [6.07, 6.45) is 0.257. The Hall–Kier alpha value is -3.36. The van der Waals surface area contributed by atoms with E-state index in [-0.39, 0.29) is 30.4 Å². The molecule has 0 atom stereocenters. The van der Waals surface area contributed by atoms with Crippen LogP contribution in [0.15, 0.2) is 53.5 Å². The zero-order chi connectivity index (χ0) is 22.5. The van der Waals surface area contributed by atoms with Crippen molar-refractivity contribution in [3.8, 4) is 11.5 Å². The molecule has 2 aromatic rings. The van der Waals surface area contributed by atoms with Gasteiger partial charge >= 0.3 is 6.61 Å². The van der Waals surface area contributed by atoms with Crippen molar-refractivity contribution in [2.45, 2.75) is 33.0 Å². The number of rotatable bonds is 11. The summed E-state index contributed by atoms with van der Waals surface area (Å²) >= 11 is 0. The number of para-hydroxylation sites is 1. The third kappa shape index (κ3) is 8.49. The van der Waals surface area contributed by atoms with Crippen molar-refractivity contribution in [1.82, 2.24) is 16.0 Å². The second-order valence-electron chi connectivity index (χ2n) is 6.42. The van der Waals surface area contributed by atoms with Gasteiger partial charge in [-0.2, -0.15) is 8.78 Å². The Bertz CT molecular complexity index is 848. The lowest BCUT2D eigenvalue weighted by Gasteiger charge is -2.17. The molecule has 0 saturated heterocycles. The lowest BCUT2D eigenvalue weighted by molar-refractivity contribution is -0.121. The predicted molar refractivity (Wildman–Crippen MR) is 115 cm³/mol. The van der Waals surface area contributed by atoms with E-state index in [9.17, 15) is 13.6 Å². The zero-order valence-corrected chi connectivity index (χ0v) is 17.7. The van der Waals surface area contributed by atoms with Crippen LogP contribution in [0.3, 0.4) is 0 Å². The smallest absolute Gasteiger partial charge is 0.387 e. The maximum atomic E-state index is 12.8. The first-order valence-corrected chi connectivity index (χ1v) is 9.98. The van der Waals surface area contributed by atoms with Gasteiger partial charge in [0.05, 0.1) is 6.61 Å². The first-order valence-electron chi connectivity index (χ1n) is 9.98. The molecule has 168 valence electrons. The van der Waals surface area contributed by atoms with Crippen LogP contribution in [0.2, 0.25) is 0 Å². The van der Waals surface area contributed by atoms with E-state index in [1.54, 1.807) is 32.2 Å². The average Bonchev–Trinajstić information content (AvgIpc) is 2.77. The van der Waals surface area contributed by atoms with Crippen molar-refractivity contribution in [3.05, 3.63) is 59.7 Å². The van der Waals surface area contributed by atoms with Gasteiger partial charge in [-0.25, -0.2) is 0 Å². The molecule has 0 radical (unpaired) electrons. The number of carbonyl (C=O) groups excluding carboxylic acids is 1. The summed E-state index contributed by atoms with van der Waals surface area (Å²) in [5.74, 6) is 0.576. The molecule has 9 heteroatoms. The van der Waals surface area contributed by atoms with E-state index in [1.807, 2.05) is 30.3 Å². The molecule has 0 unspecified atom stereocenters. The van der Waals surface area contributed by atoms with Crippen molar-refractivity contribution in [3.63, 3.8) is 0 Å². The fourth-order valence-corrected chi connectivity index (χ4v) is 2.77. The number of ether oxygens (including phenoxy) is 2. The van der Waals surface area contributed by atoms with E-state index < -0.39 is 6.61 Å². The van der Waals surface area contributed by atoms with Crippen LogP contribution in [-0.2, 0) is 17.9 Å². The number of alkyl halides is 2. The summed E-state index contributed by atoms with van der Waals surface area (Å²) in [5, 5.41) is 8.91. The number of nitrogens with one attached hydrogen (secondary N) is 3. The van der Waals surface area contributed by atoms with Crippen molar-refractivity contribution < 1.29 is 23.0 Å². The van der Waals surface area contributed by atoms with Crippen LogP contribution in [0.4, 0.5) is 8.78 Å². The Morgan fingerprint density at radius 1 is 1.03 bits per heavy atom. The Morgan fingerprint density at radius 2 is 1.81 bits per heavy atom. The van der Waals surface area contributed by atoms with Crippen molar-refractivity contribution in [2.75, 3.05) is 20.2 Å². The van der Waals surface area contributed by atoms with Crippen LogP contribution in [0.5, 0.6) is 11.5 Å². The molecule has 7 nitrogen and oxygen atoms in total. The Morgan fingerprint density at radius 3 is 2.48 bits per heavy atom. The summed E-state index contributed by atoms with van der Waals surface area (Å²) in [6, 6.07) is 14.6. The largest absolute Gasteiger partial charge is 0.490 e. The molecule has 1 amide bonds. The molecular weight excluding hydrogens is 406 g/mol. The van der Waals surface area contributed by atoms with E-state index in [2.05, 4.69) is 25.7 Å². The average molecular weight is 434 g/mol. The van der Waals surface area contributed by atoms with Crippen molar-refractivity contribution in [1.29, 1.82) is 0 Å². The Kier molecular flexibility index (Phi) is 10.1. The summed E-state index contributed by atoms with van der Waals surface area (Å²) in [5.41, 5.74) is 1.52. The van der Waals surface area contributed by atoms with Crippen molar-refractivity contribution >= 4 is 11.9 Å². The minimum absolute atomic E-state index is 0.0115. The number of amides is 1. The van der Waals surface area contributed by atoms with E-state index in [0.29, 0.717) is 31.2 Å². The van der Waals surface area contributed by atoms with E-state index in [4.69, 9.17) is 4.74 Å². The first-order chi connectivity index (χ1) is 15.0. The molecule has 0 aliphatic rings. The number of nitrogens with zero attached hydrogens (tertiary/aromatic N) is 1. The minimum Gasteiger partial charge on any atom is -0.490 e. The highest BCUT2D eigenvalue weighted by Gasteiger charge is 2.16. The van der Waals surface area contributed by atoms with Gasteiger partial charge in [-0.05, 0) is 18.6 Å². The molecule has 0 aliphatic heterocycles. The third-order valence-corrected chi connectivity index (χ3v) is 4.21. The molecule has 0 saturated carbocycles. The molecule has 31 heavy (non-hydrogen) atoms. The van der Waals surface area contributed by atoms with Gasteiger partial charge in [-0.15, -0.1) is 0 Å². The van der Waals surface area contributed by atoms with Crippen molar-refractivity contribution in [2.24, 2.45) is 4.99 Å². The maximum absolute atomic E-state index is 12.8. The highest BCUT2D eigenvalue weighted by molar-refractivity contribution is 5.81. The van der Waals surface area contributed by atoms with Crippen LogP contribution < -0.4 is 25.4 Å². The van der Waals surface area contributed by atoms with Gasteiger partial charge in [-0.3, -0.25) is 9.79 Å². The summed E-state index contributed by atoms with van der Waals surface area (Å²) in [7, 11) is 1.58. The molecule has 2 aromatic carbocycles. The van der Waals surface area contributed by atoms with Gasteiger partial charge < -0.3 is 25.4 Å². The first kappa shape index (κ1) is 23.9. The molecular formula is C22H28F2N4O3. The van der Waals surface area contributed by atoms with Crippen LogP contribution in [0.1, 0.15) is 24.5 Å². The quantitative estimate of drug-likeness (QED) is 0.374. The monoisotopic (exact) mass is 434 g/mol.